The van der Waals surface area contributed by atoms with Gasteiger partial charge >= 0.3 is 0 Å². The maximum Gasteiger partial charge on any atom is 0.124 e. The normalized spacial score (nSPS) is 10.5. The Bertz CT molecular complexity index is 738. The zero-order valence-corrected chi connectivity index (χ0v) is 22.4. The van der Waals surface area contributed by atoms with Crippen LogP contribution in [0.3, 0.4) is 0 Å². The summed E-state index contributed by atoms with van der Waals surface area (Å²) in [4.78, 5) is 2.60. The molecule has 0 saturated carbocycles. The summed E-state index contributed by atoms with van der Waals surface area (Å²) in [5, 5.41) is 5.00. The molecule has 0 aliphatic rings. The summed E-state index contributed by atoms with van der Waals surface area (Å²) in [6.45, 7) is 10.3. The zero-order valence-electron chi connectivity index (χ0n) is 19.2. The molecule has 0 heterocycles. The van der Waals surface area contributed by atoms with Gasteiger partial charge in [0, 0.05) is 27.7 Å². The lowest BCUT2D eigenvalue weighted by molar-refractivity contribution is 0.260. The first-order valence-electron chi connectivity index (χ1n) is 11.2. The molecule has 2 aromatic rings. The third kappa shape index (κ3) is 12.0. The molecule has 2 aromatic carbocycles. The van der Waals surface area contributed by atoms with Crippen molar-refractivity contribution in [3.05, 3.63) is 63.6 Å². The molecule has 0 unspecified atom stereocenters. The highest BCUT2D eigenvalue weighted by Crippen LogP contribution is 2.25. The molecule has 0 aromatic heterocycles. The van der Waals surface area contributed by atoms with Crippen molar-refractivity contribution in [1.29, 1.82) is 0 Å². The lowest BCUT2D eigenvalue weighted by atomic mass is 10.2. The van der Waals surface area contributed by atoms with E-state index in [1.54, 1.807) is 0 Å². The molecular formula is C25H38Cl4N2O. The smallest absolute Gasteiger partial charge is 0.124 e. The summed E-state index contributed by atoms with van der Waals surface area (Å²) in [7, 11) is 0. The highest BCUT2D eigenvalue weighted by atomic mass is 35.5. The van der Waals surface area contributed by atoms with E-state index in [2.05, 4.69) is 24.1 Å². The van der Waals surface area contributed by atoms with Gasteiger partial charge in [-0.05, 0) is 69.7 Å². The predicted molar refractivity (Wildman–Crippen MR) is 144 cm³/mol. The van der Waals surface area contributed by atoms with Crippen molar-refractivity contribution >= 4 is 48.0 Å². The van der Waals surface area contributed by atoms with Gasteiger partial charge in [-0.3, -0.25) is 0 Å². The molecule has 0 fully saturated rings. The minimum atomic E-state index is 0. The van der Waals surface area contributed by atoms with Crippen molar-refractivity contribution < 1.29 is 4.74 Å². The molecule has 3 nitrogen and oxygen atoms in total. The van der Waals surface area contributed by atoms with Crippen molar-refractivity contribution in [3.63, 3.8) is 0 Å². The van der Waals surface area contributed by atoms with Crippen LogP contribution in [0, 0.1) is 0 Å². The molecule has 0 atom stereocenters. The monoisotopic (exact) mass is 522 g/mol. The largest absolute Gasteiger partial charge is 0.489 e. The topological polar surface area (TPSA) is 24.5 Å². The molecule has 2 rings (SSSR count). The summed E-state index contributed by atoms with van der Waals surface area (Å²) in [5.74, 6) is 0.847. The second-order valence-corrected chi connectivity index (χ2v) is 8.55. The summed E-state index contributed by atoms with van der Waals surface area (Å²) in [6.07, 6.45) is 6.22. The molecule has 0 aliphatic carbocycles. The van der Waals surface area contributed by atoms with E-state index >= 15 is 0 Å². The van der Waals surface area contributed by atoms with Gasteiger partial charge in [0.15, 0.2) is 0 Å². The van der Waals surface area contributed by atoms with E-state index in [1.165, 1.54) is 38.8 Å². The Morgan fingerprint density at radius 2 is 1.50 bits per heavy atom. The molecule has 0 radical (unpaired) electrons. The second kappa shape index (κ2) is 18.7. The maximum atomic E-state index is 6.25. The molecule has 0 spiro atoms. The highest BCUT2D eigenvalue weighted by molar-refractivity contribution is 6.31. The number of rotatable bonds is 15. The van der Waals surface area contributed by atoms with Crippen LogP contribution < -0.4 is 10.1 Å². The van der Waals surface area contributed by atoms with Crippen molar-refractivity contribution in [2.45, 2.75) is 59.1 Å². The van der Waals surface area contributed by atoms with Gasteiger partial charge in [-0.1, -0.05) is 68.1 Å². The van der Waals surface area contributed by atoms with Gasteiger partial charge in [-0.15, -0.1) is 24.8 Å². The first-order chi connectivity index (χ1) is 14.6. The number of unbranched alkanes of at least 4 members (excludes halogenated alkanes) is 2. The van der Waals surface area contributed by atoms with Crippen molar-refractivity contribution in [1.82, 2.24) is 10.2 Å². The SMILES string of the molecule is CCCCN(CCCC)CCCNCc1cc(Cl)ccc1OCc1ccccc1Cl.Cl.Cl. The van der Waals surface area contributed by atoms with Gasteiger partial charge in [0.2, 0.25) is 0 Å². The molecule has 0 bridgehead atoms. The Labute approximate surface area is 217 Å². The summed E-state index contributed by atoms with van der Waals surface area (Å²) in [6, 6.07) is 13.5. The molecule has 0 amide bonds. The third-order valence-corrected chi connectivity index (χ3v) is 5.77. The van der Waals surface area contributed by atoms with E-state index < -0.39 is 0 Å². The number of benzene rings is 2. The number of nitrogens with zero attached hydrogens (tertiary/aromatic N) is 1. The van der Waals surface area contributed by atoms with Crippen LogP contribution in [0.2, 0.25) is 10.0 Å². The Balaban J connectivity index is 0.00000480. The molecule has 182 valence electrons. The van der Waals surface area contributed by atoms with Crippen LogP contribution in [0.25, 0.3) is 0 Å². The average molecular weight is 524 g/mol. The van der Waals surface area contributed by atoms with Gasteiger partial charge in [0.05, 0.1) is 0 Å². The molecule has 0 aliphatic heterocycles. The van der Waals surface area contributed by atoms with Crippen molar-refractivity contribution in [3.8, 4) is 5.75 Å². The standard InChI is InChI=1S/C25H36Cl2N2O.2ClH/c1-3-5-15-29(16-6-4-2)17-9-14-28-19-22-18-23(26)12-13-25(22)30-20-21-10-7-8-11-24(21)27;;/h7-8,10-13,18,28H,3-6,9,14-17,19-20H2,1-2H3;2*1H. The number of nitrogens with one attached hydrogen (secondary N) is 1. The minimum Gasteiger partial charge on any atom is -0.489 e. The first-order valence-corrected chi connectivity index (χ1v) is 12.0. The fourth-order valence-corrected chi connectivity index (χ4v) is 3.73. The number of halogens is 4. The Hall–Kier alpha value is -0.680. The van der Waals surface area contributed by atoms with E-state index in [0.717, 1.165) is 53.0 Å². The maximum absolute atomic E-state index is 6.25. The quantitative estimate of drug-likeness (QED) is 0.241. The van der Waals surface area contributed by atoms with E-state index in [-0.39, 0.29) is 24.8 Å². The molecular weight excluding hydrogens is 486 g/mol. The van der Waals surface area contributed by atoms with Crippen LogP contribution in [0.1, 0.15) is 57.1 Å². The highest BCUT2D eigenvalue weighted by Gasteiger charge is 2.08. The van der Waals surface area contributed by atoms with Crippen LogP contribution in [-0.2, 0) is 13.2 Å². The zero-order chi connectivity index (χ0) is 21.6. The number of ether oxygens (including phenoxy) is 1. The Kier molecular flexibility index (Phi) is 18.3. The Morgan fingerprint density at radius 1 is 0.844 bits per heavy atom. The molecule has 7 heteroatoms. The first kappa shape index (κ1) is 31.3. The van der Waals surface area contributed by atoms with Gasteiger partial charge < -0.3 is 15.0 Å². The van der Waals surface area contributed by atoms with Crippen LogP contribution in [0.15, 0.2) is 42.5 Å². The van der Waals surface area contributed by atoms with Crippen molar-refractivity contribution in [2.75, 3.05) is 26.2 Å². The molecule has 1 N–H and O–H groups in total. The summed E-state index contributed by atoms with van der Waals surface area (Å²) in [5.41, 5.74) is 2.05. The summed E-state index contributed by atoms with van der Waals surface area (Å²) < 4.78 is 6.05. The van der Waals surface area contributed by atoms with Gasteiger partial charge in [0.25, 0.3) is 0 Å². The lowest BCUT2D eigenvalue weighted by Crippen LogP contribution is -2.29. The second-order valence-electron chi connectivity index (χ2n) is 7.71. The van der Waals surface area contributed by atoms with E-state index in [1.807, 2.05) is 42.5 Å². The van der Waals surface area contributed by atoms with E-state index in [0.29, 0.717) is 6.61 Å². The van der Waals surface area contributed by atoms with Crippen LogP contribution in [0.4, 0.5) is 0 Å². The predicted octanol–water partition coefficient (Wildman–Crippen LogP) is 7.80. The summed E-state index contributed by atoms with van der Waals surface area (Å²) >= 11 is 12.5. The minimum absolute atomic E-state index is 0. The van der Waals surface area contributed by atoms with Gasteiger partial charge in [-0.2, -0.15) is 0 Å². The number of hydrogen-bond acceptors (Lipinski definition) is 3. The Morgan fingerprint density at radius 3 is 2.16 bits per heavy atom. The molecule has 32 heavy (non-hydrogen) atoms. The fraction of sp³-hybridized carbons (Fsp3) is 0.520. The van der Waals surface area contributed by atoms with Crippen molar-refractivity contribution in [2.24, 2.45) is 0 Å². The van der Waals surface area contributed by atoms with E-state index in [9.17, 15) is 0 Å². The van der Waals surface area contributed by atoms with Crippen LogP contribution >= 0.6 is 48.0 Å². The third-order valence-electron chi connectivity index (χ3n) is 5.16. The lowest BCUT2D eigenvalue weighted by Gasteiger charge is -2.22. The average Bonchev–Trinajstić information content (AvgIpc) is 2.75. The number of hydrogen-bond donors (Lipinski definition) is 1. The van der Waals surface area contributed by atoms with E-state index in [4.69, 9.17) is 27.9 Å². The van der Waals surface area contributed by atoms with Crippen LogP contribution in [-0.4, -0.2) is 31.1 Å². The van der Waals surface area contributed by atoms with Crippen LogP contribution in [0.5, 0.6) is 5.75 Å². The van der Waals surface area contributed by atoms with Gasteiger partial charge in [-0.25, -0.2) is 0 Å². The van der Waals surface area contributed by atoms with Gasteiger partial charge in [0.1, 0.15) is 12.4 Å². The molecule has 0 saturated heterocycles. The fourth-order valence-electron chi connectivity index (χ4n) is 3.35.